The zero-order valence-electron chi connectivity index (χ0n) is 6.66. The Hall–Kier alpha value is -1.06. The van der Waals surface area contributed by atoms with Gasteiger partial charge in [-0.15, -0.1) is 0 Å². The molecule has 1 atom stereocenters. The molecule has 0 aliphatic carbocycles. The van der Waals surface area contributed by atoms with Gasteiger partial charge in [-0.25, -0.2) is 0 Å². The fourth-order valence-electron chi connectivity index (χ4n) is 0.987. The Morgan fingerprint density at radius 1 is 1.64 bits per heavy atom. The summed E-state index contributed by atoms with van der Waals surface area (Å²) in [5.41, 5.74) is 0. The summed E-state index contributed by atoms with van der Waals surface area (Å²) in [7, 11) is 3.29. The first-order valence-electron chi connectivity index (χ1n) is 3.52. The Kier molecular flexibility index (Phi) is 2.12. The van der Waals surface area contributed by atoms with Crippen LogP contribution in [0.4, 0.5) is 0 Å². The van der Waals surface area contributed by atoms with E-state index in [4.69, 9.17) is 4.74 Å². The number of carbonyl (C=O) groups excluding carboxylic acids is 2. The van der Waals surface area contributed by atoms with Crippen LogP contribution >= 0.6 is 0 Å². The molecule has 0 saturated carbocycles. The van der Waals surface area contributed by atoms with Gasteiger partial charge in [0.2, 0.25) is 0 Å². The Balaban J connectivity index is 2.50. The highest BCUT2D eigenvalue weighted by atomic mass is 16.6. The molecule has 0 N–H and O–H groups in total. The second-order valence-electron chi connectivity index (χ2n) is 2.75. The zero-order valence-corrected chi connectivity index (χ0v) is 6.66. The molecule has 1 heterocycles. The number of esters is 1. The first-order valence-corrected chi connectivity index (χ1v) is 3.52. The van der Waals surface area contributed by atoms with Gasteiger partial charge in [-0.1, -0.05) is 0 Å². The van der Waals surface area contributed by atoms with Crippen molar-refractivity contribution >= 4 is 11.9 Å². The predicted molar refractivity (Wildman–Crippen MR) is 37.8 cm³/mol. The molecule has 1 amide bonds. The van der Waals surface area contributed by atoms with E-state index < -0.39 is 6.10 Å². The number of nitrogens with zero attached hydrogens (tertiary/aromatic N) is 1. The molecule has 11 heavy (non-hydrogen) atoms. The van der Waals surface area contributed by atoms with Crippen molar-refractivity contribution in [1.29, 1.82) is 0 Å². The van der Waals surface area contributed by atoms with E-state index in [-0.39, 0.29) is 11.9 Å². The van der Waals surface area contributed by atoms with Gasteiger partial charge in [0, 0.05) is 26.9 Å². The third-order valence-electron chi connectivity index (χ3n) is 1.60. The number of rotatable bonds is 1. The second-order valence-corrected chi connectivity index (χ2v) is 2.75. The third-order valence-corrected chi connectivity index (χ3v) is 1.60. The van der Waals surface area contributed by atoms with Crippen LogP contribution in [-0.4, -0.2) is 37.0 Å². The van der Waals surface area contributed by atoms with Crippen molar-refractivity contribution in [1.82, 2.24) is 4.90 Å². The number of cyclic esters (lactones) is 1. The van der Waals surface area contributed by atoms with Crippen molar-refractivity contribution in [3.63, 3.8) is 0 Å². The van der Waals surface area contributed by atoms with Crippen LogP contribution in [0.1, 0.15) is 12.8 Å². The third kappa shape index (κ3) is 1.69. The summed E-state index contributed by atoms with van der Waals surface area (Å²) in [6.07, 6.45) is 0.359. The molecule has 0 bridgehead atoms. The highest BCUT2D eigenvalue weighted by Crippen LogP contribution is 2.14. The lowest BCUT2D eigenvalue weighted by Crippen LogP contribution is -2.33. The van der Waals surface area contributed by atoms with Gasteiger partial charge >= 0.3 is 5.97 Å². The van der Waals surface area contributed by atoms with Gasteiger partial charge in [0.15, 0.2) is 6.10 Å². The number of carbonyl (C=O) groups is 2. The molecule has 0 unspecified atom stereocenters. The summed E-state index contributed by atoms with van der Waals surface area (Å²) in [6, 6.07) is 0. The van der Waals surface area contributed by atoms with Gasteiger partial charge in [-0.2, -0.15) is 0 Å². The van der Waals surface area contributed by atoms with Gasteiger partial charge in [0.25, 0.3) is 5.91 Å². The Morgan fingerprint density at radius 3 is 2.64 bits per heavy atom. The molecule has 0 aromatic rings. The van der Waals surface area contributed by atoms with Crippen LogP contribution < -0.4 is 0 Å². The van der Waals surface area contributed by atoms with E-state index >= 15 is 0 Å². The van der Waals surface area contributed by atoms with Crippen LogP contribution in [0.15, 0.2) is 0 Å². The maximum atomic E-state index is 11.1. The molecule has 62 valence electrons. The first-order chi connectivity index (χ1) is 5.11. The van der Waals surface area contributed by atoms with E-state index in [2.05, 4.69) is 0 Å². The summed E-state index contributed by atoms with van der Waals surface area (Å²) in [5, 5.41) is 0. The van der Waals surface area contributed by atoms with E-state index in [1.165, 1.54) is 4.90 Å². The molecule has 4 nitrogen and oxygen atoms in total. The molecular formula is C7H11NO3. The van der Waals surface area contributed by atoms with Gasteiger partial charge < -0.3 is 9.64 Å². The normalized spacial score (nSPS) is 23.1. The molecule has 1 fully saturated rings. The van der Waals surface area contributed by atoms with E-state index in [0.717, 1.165) is 0 Å². The van der Waals surface area contributed by atoms with Crippen LogP contribution in [-0.2, 0) is 14.3 Å². The number of hydrogen-bond acceptors (Lipinski definition) is 3. The quantitative estimate of drug-likeness (QED) is 0.494. The minimum Gasteiger partial charge on any atom is -0.452 e. The first kappa shape index (κ1) is 8.04. The van der Waals surface area contributed by atoms with Crippen molar-refractivity contribution in [3.05, 3.63) is 0 Å². The lowest BCUT2D eigenvalue weighted by Gasteiger charge is -2.14. The van der Waals surface area contributed by atoms with Crippen LogP contribution in [0, 0.1) is 0 Å². The Bertz CT molecular complexity index is 188. The second kappa shape index (κ2) is 2.90. The molecule has 1 aliphatic rings. The molecule has 1 rings (SSSR count). The van der Waals surface area contributed by atoms with Crippen LogP contribution in [0.5, 0.6) is 0 Å². The standard InChI is InChI=1S/C7H11NO3/c1-8(2)7(10)5-3-4-6(9)11-5/h5H,3-4H2,1-2H3/t5-/m1/s1. The molecule has 0 aromatic carbocycles. The predicted octanol–water partition coefficient (Wildman–Crippen LogP) is -0.220. The number of ether oxygens (including phenoxy) is 1. The maximum Gasteiger partial charge on any atom is 0.306 e. The molecule has 1 aliphatic heterocycles. The Morgan fingerprint density at radius 2 is 2.27 bits per heavy atom. The highest BCUT2D eigenvalue weighted by molar-refractivity contribution is 5.86. The highest BCUT2D eigenvalue weighted by Gasteiger charge is 2.30. The fourth-order valence-corrected chi connectivity index (χ4v) is 0.987. The topological polar surface area (TPSA) is 46.6 Å². The number of hydrogen-bond donors (Lipinski definition) is 0. The van der Waals surface area contributed by atoms with E-state index in [1.807, 2.05) is 0 Å². The van der Waals surface area contributed by atoms with Crippen molar-refractivity contribution < 1.29 is 14.3 Å². The van der Waals surface area contributed by atoms with Crippen molar-refractivity contribution in [3.8, 4) is 0 Å². The van der Waals surface area contributed by atoms with Crippen LogP contribution in [0.2, 0.25) is 0 Å². The molecular weight excluding hydrogens is 146 g/mol. The molecule has 4 heteroatoms. The minimum absolute atomic E-state index is 0.129. The smallest absolute Gasteiger partial charge is 0.306 e. The largest absolute Gasteiger partial charge is 0.452 e. The monoisotopic (exact) mass is 157 g/mol. The van der Waals surface area contributed by atoms with Crippen molar-refractivity contribution in [2.75, 3.05) is 14.1 Å². The van der Waals surface area contributed by atoms with Gasteiger partial charge in [-0.3, -0.25) is 9.59 Å². The van der Waals surface area contributed by atoms with Gasteiger partial charge in [0.1, 0.15) is 0 Å². The van der Waals surface area contributed by atoms with E-state index in [0.29, 0.717) is 12.8 Å². The van der Waals surface area contributed by atoms with E-state index in [9.17, 15) is 9.59 Å². The SMILES string of the molecule is CN(C)C(=O)[C@H]1CCC(=O)O1. The Labute approximate surface area is 65.1 Å². The minimum atomic E-state index is -0.530. The van der Waals surface area contributed by atoms with Crippen LogP contribution in [0.25, 0.3) is 0 Å². The summed E-state index contributed by atoms with van der Waals surface area (Å²) < 4.78 is 4.75. The van der Waals surface area contributed by atoms with Crippen LogP contribution in [0.3, 0.4) is 0 Å². The van der Waals surface area contributed by atoms with Crippen molar-refractivity contribution in [2.24, 2.45) is 0 Å². The molecule has 0 radical (unpaired) electrons. The summed E-state index contributed by atoms with van der Waals surface area (Å²) >= 11 is 0. The lowest BCUT2D eigenvalue weighted by atomic mass is 10.2. The van der Waals surface area contributed by atoms with Gasteiger partial charge in [0.05, 0.1) is 0 Å². The van der Waals surface area contributed by atoms with E-state index in [1.54, 1.807) is 14.1 Å². The lowest BCUT2D eigenvalue weighted by molar-refractivity contribution is -0.151. The van der Waals surface area contributed by atoms with Crippen molar-refractivity contribution in [2.45, 2.75) is 18.9 Å². The number of amides is 1. The zero-order chi connectivity index (χ0) is 8.43. The average molecular weight is 157 g/mol. The van der Waals surface area contributed by atoms with Gasteiger partial charge in [-0.05, 0) is 0 Å². The fraction of sp³-hybridized carbons (Fsp3) is 0.714. The molecule has 0 spiro atoms. The summed E-state index contributed by atoms with van der Waals surface area (Å²) in [5.74, 6) is -0.402. The maximum absolute atomic E-state index is 11.1. The summed E-state index contributed by atoms with van der Waals surface area (Å²) in [6.45, 7) is 0. The molecule has 1 saturated heterocycles. The number of likely N-dealkylation sites (N-methyl/N-ethyl adjacent to an activating group) is 1. The summed E-state index contributed by atoms with van der Waals surface area (Å²) in [4.78, 5) is 23.2. The molecule has 0 aromatic heterocycles. The average Bonchev–Trinajstić information content (AvgIpc) is 2.34.